The zero-order valence-electron chi connectivity index (χ0n) is 11.6. The van der Waals surface area contributed by atoms with Gasteiger partial charge in [0, 0.05) is 18.8 Å². The lowest BCUT2D eigenvalue weighted by Gasteiger charge is -2.33. The maximum Gasteiger partial charge on any atom is 0.337 e. The first-order chi connectivity index (χ1) is 10.0. The van der Waals surface area contributed by atoms with Crippen LogP contribution in [-0.4, -0.2) is 48.6 Å². The number of aliphatic hydroxyl groups excluding tert-OH is 1. The number of piperidine rings is 1. The zero-order chi connectivity index (χ0) is 15.4. The van der Waals surface area contributed by atoms with Crippen LogP contribution in [0.15, 0.2) is 12.1 Å². The molecule has 0 amide bonds. The fourth-order valence-corrected chi connectivity index (χ4v) is 2.49. The van der Waals surface area contributed by atoms with E-state index < -0.39 is 11.8 Å². The second kappa shape index (κ2) is 6.73. The Morgan fingerprint density at radius 2 is 2.10 bits per heavy atom. The monoisotopic (exact) mass is 298 g/mol. The highest BCUT2D eigenvalue weighted by molar-refractivity contribution is 5.95. The van der Waals surface area contributed by atoms with Gasteiger partial charge in [0.25, 0.3) is 0 Å². The molecule has 2 rings (SSSR count). The number of hydrogen-bond acceptors (Lipinski definition) is 5. The minimum Gasteiger partial charge on any atom is -0.478 e. The third-order valence-corrected chi connectivity index (χ3v) is 3.58. The average Bonchev–Trinajstić information content (AvgIpc) is 2.45. The molecule has 0 spiro atoms. The number of nitrogens with zero attached hydrogens (tertiary/aromatic N) is 1. The third kappa shape index (κ3) is 3.62. The first-order valence-electron chi connectivity index (χ1n) is 6.82. The van der Waals surface area contributed by atoms with Crippen molar-refractivity contribution in [3.05, 3.63) is 23.5 Å². The van der Waals surface area contributed by atoms with Gasteiger partial charge in [-0.05, 0) is 25.0 Å². The van der Waals surface area contributed by atoms with Crippen molar-refractivity contribution in [1.29, 1.82) is 0 Å². The van der Waals surface area contributed by atoms with Crippen LogP contribution in [0, 0.1) is 5.82 Å². The Balaban J connectivity index is 2.09. The number of hydrogen-bond donors (Lipinski definition) is 3. The number of carbonyl (C=O) groups is 1. The van der Waals surface area contributed by atoms with Gasteiger partial charge < -0.3 is 25.6 Å². The molecule has 1 aromatic rings. The molecule has 1 aliphatic rings. The Morgan fingerprint density at radius 1 is 1.43 bits per heavy atom. The van der Waals surface area contributed by atoms with E-state index in [4.69, 9.17) is 20.7 Å². The summed E-state index contributed by atoms with van der Waals surface area (Å²) in [5.74, 6) is -1.69. The van der Waals surface area contributed by atoms with Crippen LogP contribution in [0.25, 0.3) is 0 Å². The largest absolute Gasteiger partial charge is 0.478 e. The van der Waals surface area contributed by atoms with Crippen LogP contribution in [0.1, 0.15) is 23.2 Å². The topological polar surface area (TPSA) is 96.0 Å². The number of carboxylic acids is 1. The van der Waals surface area contributed by atoms with Crippen molar-refractivity contribution >= 4 is 17.3 Å². The Hall–Kier alpha value is -1.86. The number of aromatic carboxylic acids is 1. The van der Waals surface area contributed by atoms with Crippen molar-refractivity contribution in [2.24, 2.45) is 0 Å². The second-order valence-electron chi connectivity index (χ2n) is 4.98. The number of anilines is 2. The van der Waals surface area contributed by atoms with Gasteiger partial charge in [0.05, 0.1) is 30.6 Å². The number of halogens is 1. The van der Waals surface area contributed by atoms with Crippen LogP contribution in [0.5, 0.6) is 0 Å². The molecular weight excluding hydrogens is 279 g/mol. The Kier molecular flexibility index (Phi) is 4.98. The number of rotatable bonds is 5. The van der Waals surface area contributed by atoms with Gasteiger partial charge in [-0.15, -0.1) is 0 Å². The average molecular weight is 298 g/mol. The highest BCUT2D eigenvalue weighted by Gasteiger charge is 2.23. The summed E-state index contributed by atoms with van der Waals surface area (Å²) in [6.45, 7) is 1.41. The van der Waals surface area contributed by atoms with Gasteiger partial charge in [-0.2, -0.15) is 0 Å². The van der Waals surface area contributed by atoms with Crippen molar-refractivity contribution in [2.45, 2.75) is 18.9 Å². The molecule has 0 aromatic heterocycles. The maximum absolute atomic E-state index is 14.0. The lowest BCUT2D eigenvalue weighted by atomic mass is 10.1. The van der Waals surface area contributed by atoms with Gasteiger partial charge in [-0.25, -0.2) is 9.18 Å². The highest BCUT2D eigenvalue weighted by atomic mass is 19.1. The second-order valence-corrected chi connectivity index (χ2v) is 4.98. The summed E-state index contributed by atoms with van der Waals surface area (Å²) in [6.07, 6.45) is 1.45. The molecule has 1 aliphatic heterocycles. The molecule has 6 nitrogen and oxygen atoms in total. The molecule has 0 saturated carbocycles. The van der Waals surface area contributed by atoms with Crippen LogP contribution in [0.2, 0.25) is 0 Å². The molecule has 4 N–H and O–H groups in total. The van der Waals surface area contributed by atoms with Gasteiger partial charge in [0.2, 0.25) is 0 Å². The Morgan fingerprint density at radius 3 is 2.67 bits per heavy atom. The van der Waals surface area contributed by atoms with E-state index in [0.717, 1.165) is 6.07 Å². The molecule has 0 radical (unpaired) electrons. The van der Waals surface area contributed by atoms with E-state index in [1.807, 2.05) is 0 Å². The Bertz CT molecular complexity index is 516. The van der Waals surface area contributed by atoms with Gasteiger partial charge in [-0.3, -0.25) is 0 Å². The fourth-order valence-electron chi connectivity index (χ4n) is 2.49. The molecule has 0 bridgehead atoms. The lowest BCUT2D eigenvalue weighted by molar-refractivity contribution is 0.0158. The number of aliphatic hydroxyl groups is 1. The highest BCUT2D eigenvalue weighted by Crippen LogP contribution is 2.28. The van der Waals surface area contributed by atoms with Gasteiger partial charge in [0.1, 0.15) is 5.82 Å². The molecule has 1 saturated heterocycles. The van der Waals surface area contributed by atoms with Gasteiger partial charge in [-0.1, -0.05) is 0 Å². The van der Waals surface area contributed by atoms with Crippen LogP contribution < -0.4 is 10.6 Å². The lowest BCUT2D eigenvalue weighted by Crippen LogP contribution is -2.38. The van der Waals surface area contributed by atoms with Crippen LogP contribution >= 0.6 is 0 Å². The molecule has 21 heavy (non-hydrogen) atoms. The van der Waals surface area contributed by atoms with Crippen LogP contribution in [-0.2, 0) is 4.74 Å². The third-order valence-electron chi connectivity index (χ3n) is 3.58. The first-order valence-corrected chi connectivity index (χ1v) is 6.82. The molecule has 0 aliphatic carbocycles. The van der Waals surface area contributed by atoms with Crippen molar-refractivity contribution in [3.8, 4) is 0 Å². The molecule has 7 heteroatoms. The zero-order valence-corrected chi connectivity index (χ0v) is 11.6. The predicted molar refractivity (Wildman–Crippen MR) is 76.0 cm³/mol. The first kappa shape index (κ1) is 15.5. The molecule has 1 aromatic carbocycles. The molecule has 0 unspecified atom stereocenters. The summed E-state index contributed by atoms with van der Waals surface area (Å²) < 4.78 is 19.4. The summed E-state index contributed by atoms with van der Waals surface area (Å²) in [6, 6.07) is 2.33. The molecule has 1 heterocycles. The minimum absolute atomic E-state index is 0.0191. The van der Waals surface area contributed by atoms with Crippen molar-refractivity contribution in [3.63, 3.8) is 0 Å². The maximum atomic E-state index is 14.0. The smallest absolute Gasteiger partial charge is 0.337 e. The Labute approximate surface area is 121 Å². The summed E-state index contributed by atoms with van der Waals surface area (Å²) in [7, 11) is 0. The van der Waals surface area contributed by atoms with E-state index in [2.05, 4.69) is 0 Å². The summed E-state index contributed by atoms with van der Waals surface area (Å²) in [5.41, 5.74) is 5.60. The van der Waals surface area contributed by atoms with Crippen molar-refractivity contribution in [1.82, 2.24) is 0 Å². The number of benzene rings is 1. The summed E-state index contributed by atoms with van der Waals surface area (Å²) >= 11 is 0. The summed E-state index contributed by atoms with van der Waals surface area (Å²) in [4.78, 5) is 12.9. The van der Waals surface area contributed by atoms with Crippen molar-refractivity contribution < 1.29 is 24.1 Å². The normalized spacial score (nSPS) is 16.2. The molecule has 1 fully saturated rings. The minimum atomic E-state index is -1.17. The van der Waals surface area contributed by atoms with E-state index in [-0.39, 0.29) is 29.6 Å². The van der Waals surface area contributed by atoms with Gasteiger partial charge >= 0.3 is 5.97 Å². The number of carboxylic acid groups (broad SMARTS) is 1. The van der Waals surface area contributed by atoms with E-state index in [9.17, 15) is 9.18 Å². The van der Waals surface area contributed by atoms with Crippen LogP contribution in [0.4, 0.5) is 15.8 Å². The van der Waals surface area contributed by atoms with E-state index in [0.29, 0.717) is 32.5 Å². The summed E-state index contributed by atoms with van der Waals surface area (Å²) in [5, 5.41) is 17.8. The molecular formula is C14H19FN2O4. The van der Waals surface area contributed by atoms with Crippen molar-refractivity contribution in [2.75, 3.05) is 36.9 Å². The number of nitrogen functional groups attached to an aromatic ring is 1. The van der Waals surface area contributed by atoms with Crippen LogP contribution in [0.3, 0.4) is 0 Å². The molecule has 0 atom stereocenters. The van der Waals surface area contributed by atoms with E-state index in [1.165, 1.54) is 6.07 Å². The number of nitrogens with two attached hydrogens (primary N) is 1. The predicted octanol–water partition coefficient (Wildman–Crippen LogP) is 1.08. The SMILES string of the molecule is Nc1cc(F)c(N2CCC(OCCO)CC2)cc1C(=O)O. The quantitative estimate of drug-likeness (QED) is 0.704. The van der Waals surface area contributed by atoms with Gasteiger partial charge in [0.15, 0.2) is 0 Å². The van der Waals surface area contributed by atoms with E-state index in [1.54, 1.807) is 4.90 Å². The standard InChI is InChI=1S/C14H19FN2O4/c15-11-8-12(16)10(14(19)20)7-13(11)17-3-1-9(2-4-17)21-6-5-18/h7-9,18H,1-6,16H2,(H,19,20). The number of ether oxygens (including phenoxy) is 1. The van der Waals surface area contributed by atoms with E-state index >= 15 is 0 Å². The fraction of sp³-hybridized carbons (Fsp3) is 0.500. The molecule has 116 valence electrons.